The smallest absolute Gasteiger partial charge is 0.134 e. The van der Waals surface area contributed by atoms with Crippen LogP contribution in [-0.2, 0) is 0 Å². The van der Waals surface area contributed by atoms with Crippen molar-refractivity contribution in [2.45, 2.75) is 0 Å². The second-order valence-electron chi connectivity index (χ2n) is 2.98. The zero-order valence-electron chi connectivity index (χ0n) is 7.92. The Kier molecular flexibility index (Phi) is 3.50. The highest BCUT2D eigenvalue weighted by Crippen LogP contribution is 2.26. The van der Waals surface area contributed by atoms with Gasteiger partial charge in [-0.1, -0.05) is 0 Å². The van der Waals surface area contributed by atoms with Crippen LogP contribution < -0.4 is 5.32 Å². The molecule has 0 bridgehead atoms. The molecule has 0 aliphatic carbocycles. The molecule has 0 spiro atoms. The van der Waals surface area contributed by atoms with Crippen LogP contribution in [0.5, 0.6) is 0 Å². The number of halogens is 3. The third kappa shape index (κ3) is 2.76. The number of nitrogens with zero attached hydrogens (tertiary/aromatic N) is 2. The van der Waals surface area contributed by atoms with Gasteiger partial charge in [-0.2, -0.15) is 0 Å². The predicted octanol–water partition coefficient (Wildman–Crippen LogP) is 3.88. The maximum atomic E-state index is 12.9. The molecule has 0 atom stereocenters. The van der Waals surface area contributed by atoms with Gasteiger partial charge in [-0.15, -0.1) is 0 Å². The Labute approximate surface area is 108 Å². The summed E-state index contributed by atoms with van der Waals surface area (Å²) in [7, 11) is 0. The van der Waals surface area contributed by atoms with Crippen molar-refractivity contribution in [2.24, 2.45) is 0 Å². The van der Waals surface area contributed by atoms with E-state index in [0.29, 0.717) is 14.9 Å². The Morgan fingerprint density at radius 1 is 1.12 bits per heavy atom. The van der Waals surface area contributed by atoms with E-state index in [2.05, 4.69) is 47.1 Å². The maximum Gasteiger partial charge on any atom is 0.134 e. The molecule has 0 saturated carbocycles. The fourth-order valence-electron chi connectivity index (χ4n) is 1.13. The highest BCUT2D eigenvalue weighted by Gasteiger charge is 2.03. The van der Waals surface area contributed by atoms with Crippen LogP contribution in [0.4, 0.5) is 15.9 Å². The number of aromatic nitrogens is 2. The molecule has 2 aromatic rings. The van der Waals surface area contributed by atoms with Gasteiger partial charge in [0.05, 0.1) is 5.69 Å². The van der Waals surface area contributed by atoms with Crippen molar-refractivity contribution in [3.63, 3.8) is 0 Å². The van der Waals surface area contributed by atoms with Gasteiger partial charge in [0, 0.05) is 10.5 Å². The number of hydrogen-bond acceptors (Lipinski definition) is 3. The topological polar surface area (TPSA) is 37.8 Å². The van der Waals surface area contributed by atoms with Gasteiger partial charge in [-0.3, -0.25) is 0 Å². The molecule has 6 heteroatoms. The Balaban J connectivity index is 2.27. The molecule has 0 unspecified atom stereocenters. The SMILES string of the molecule is Fc1ccc(Nc2cc(Br)ncn2)c(Br)c1. The second kappa shape index (κ2) is 4.88. The molecule has 0 radical (unpaired) electrons. The van der Waals surface area contributed by atoms with Crippen LogP contribution in [0.1, 0.15) is 0 Å². The molecule has 0 amide bonds. The molecular weight excluding hydrogens is 341 g/mol. The van der Waals surface area contributed by atoms with Crippen molar-refractivity contribution in [2.75, 3.05) is 5.32 Å². The summed E-state index contributed by atoms with van der Waals surface area (Å²) in [5, 5.41) is 3.05. The van der Waals surface area contributed by atoms with Gasteiger partial charge < -0.3 is 5.32 Å². The van der Waals surface area contributed by atoms with Crippen LogP contribution in [0.2, 0.25) is 0 Å². The summed E-state index contributed by atoms with van der Waals surface area (Å²) in [4.78, 5) is 7.94. The summed E-state index contributed by atoms with van der Waals surface area (Å²) in [5.74, 6) is 0.343. The van der Waals surface area contributed by atoms with Gasteiger partial charge in [-0.05, 0) is 50.1 Å². The number of rotatable bonds is 2. The van der Waals surface area contributed by atoms with Crippen molar-refractivity contribution >= 4 is 43.4 Å². The molecule has 0 aliphatic heterocycles. The van der Waals surface area contributed by atoms with E-state index in [1.54, 1.807) is 12.1 Å². The highest BCUT2D eigenvalue weighted by atomic mass is 79.9. The summed E-state index contributed by atoms with van der Waals surface area (Å²) in [6, 6.07) is 6.13. The lowest BCUT2D eigenvalue weighted by Gasteiger charge is -2.07. The number of nitrogens with one attached hydrogen (secondary N) is 1. The molecule has 0 saturated heterocycles. The largest absolute Gasteiger partial charge is 0.339 e. The van der Waals surface area contributed by atoms with Gasteiger partial charge in [-0.25, -0.2) is 14.4 Å². The minimum atomic E-state index is -0.290. The fourth-order valence-corrected chi connectivity index (χ4v) is 1.89. The first-order chi connectivity index (χ1) is 7.65. The van der Waals surface area contributed by atoms with Crippen molar-refractivity contribution in [3.05, 3.63) is 45.5 Å². The van der Waals surface area contributed by atoms with Crippen LogP contribution in [0, 0.1) is 5.82 Å². The molecule has 1 aromatic heterocycles. The van der Waals surface area contributed by atoms with Crippen molar-refractivity contribution in [1.29, 1.82) is 0 Å². The van der Waals surface area contributed by atoms with Crippen LogP contribution in [0.25, 0.3) is 0 Å². The lowest BCUT2D eigenvalue weighted by atomic mass is 10.3. The number of hydrogen-bond donors (Lipinski definition) is 1. The molecule has 3 nitrogen and oxygen atoms in total. The van der Waals surface area contributed by atoms with Crippen LogP contribution in [0.15, 0.2) is 39.7 Å². The standard InChI is InChI=1S/C10H6Br2FN3/c11-7-3-6(13)1-2-8(7)16-10-4-9(12)14-5-15-10/h1-5H,(H,14,15,16). The van der Waals surface area contributed by atoms with Crippen molar-refractivity contribution < 1.29 is 4.39 Å². The van der Waals surface area contributed by atoms with E-state index in [1.165, 1.54) is 18.5 Å². The summed E-state index contributed by atoms with van der Waals surface area (Å²) in [6.07, 6.45) is 1.43. The van der Waals surface area contributed by atoms with Gasteiger partial charge >= 0.3 is 0 Å². The first kappa shape index (κ1) is 11.5. The molecule has 2 rings (SSSR count). The van der Waals surface area contributed by atoms with E-state index >= 15 is 0 Å². The molecule has 1 heterocycles. The molecule has 16 heavy (non-hydrogen) atoms. The molecular formula is C10H6Br2FN3. The average molecular weight is 347 g/mol. The molecule has 1 N–H and O–H groups in total. The lowest BCUT2D eigenvalue weighted by Crippen LogP contribution is -1.95. The predicted molar refractivity (Wildman–Crippen MR) is 67.1 cm³/mol. The second-order valence-corrected chi connectivity index (χ2v) is 4.64. The highest BCUT2D eigenvalue weighted by molar-refractivity contribution is 9.10. The Morgan fingerprint density at radius 3 is 2.62 bits per heavy atom. The zero-order chi connectivity index (χ0) is 11.5. The van der Waals surface area contributed by atoms with Gasteiger partial charge in [0.15, 0.2) is 0 Å². The van der Waals surface area contributed by atoms with E-state index in [4.69, 9.17) is 0 Å². The van der Waals surface area contributed by atoms with Gasteiger partial charge in [0.25, 0.3) is 0 Å². The molecule has 0 aliphatic rings. The van der Waals surface area contributed by atoms with Gasteiger partial charge in [0.2, 0.25) is 0 Å². The molecule has 1 aromatic carbocycles. The van der Waals surface area contributed by atoms with E-state index in [9.17, 15) is 4.39 Å². The third-order valence-corrected chi connectivity index (χ3v) is 2.92. The van der Waals surface area contributed by atoms with Crippen LogP contribution in [-0.4, -0.2) is 9.97 Å². The maximum absolute atomic E-state index is 12.9. The summed E-state index contributed by atoms with van der Waals surface area (Å²) in [6.45, 7) is 0. The monoisotopic (exact) mass is 345 g/mol. The molecule has 0 fully saturated rings. The lowest BCUT2D eigenvalue weighted by molar-refractivity contribution is 0.627. The van der Waals surface area contributed by atoms with E-state index in [-0.39, 0.29) is 5.82 Å². The third-order valence-electron chi connectivity index (χ3n) is 1.83. The quantitative estimate of drug-likeness (QED) is 0.838. The summed E-state index contributed by atoms with van der Waals surface area (Å²) in [5.41, 5.74) is 0.743. The van der Waals surface area contributed by atoms with Crippen molar-refractivity contribution in [3.8, 4) is 0 Å². The van der Waals surface area contributed by atoms with Crippen LogP contribution in [0.3, 0.4) is 0 Å². The van der Waals surface area contributed by atoms with E-state index < -0.39 is 0 Å². The van der Waals surface area contributed by atoms with E-state index in [1.807, 2.05) is 0 Å². The van der Waals surface area contributed by atoms with Gasteiger partial charge in [0.1, 0.15) is 22.6 Å². The Bertz CT molecular complexity index is 519. The van der Waals surface area contributed by atoms with Crippen molar-refractivity contribution in [1.82, 2.24) is 9.97 Å². The van der Waals surface area contributed by atoms with Crippen LogP contribution >= 0.6 is 31.9 Å². The summed E-state index contributed by atoms with van der Waals surface area (Å²) >= 11 is 6.51. The number of anilines is 2. The normalized spacial score (nSPS) is 10.2. The van der Waals surface area contributed by atoms with E-state index in [0.717, 1.165) is 5.69 Å². The summed E-state index contributed by atoms with van der Waals surface area (Å²) < 4.78 is 14.2. The minimum absolute atomic E-state index is 0.290. The number of benzene rings is 1. The Morgan fingerprint density at radius 2 is 1.94 bits per heavy atom. The Hall–Kier alpha value is -1.01. The minimum Gasteiger partial charge on any atom is -0.339 e. The average Bonchev–Trinajstić information content (AvgIpc) is 2.22. The zero-order valence-corrected chi connectivity index (χ0v) is 11.1. The fraction of sp³-hybridized carbons (Fsp3) is 0. The molecule has 82 valence electrons. The first-order valence-corrected chi connectivity index (χ1v) is 5.93. The first-order valence-electron chi connectivity index (χ1n) is 4.35.